The molecule has 0 saturated heterocycles. The van der Waals surface area contributed by atoms with Crippen molar-refractivity contribution in [3.8, 4) is 0 Å². The highest BCUT2D eigenvalue weighted by Gasteiger charge is 2.19. The van der Waals surface area contributed by atoms with Crippen LogP contribution in [0.5, 0.6) is 0 Å². The number of benzene rings is 1. The first-order valence-corrected chi connectivity index (χ1v) is 7.76. The van der Waals surface area contributed by atoms with Crippen LogP contribution in [-0.4, -0.2) is 26.2 Å². The number of hydrogen-bond acceptors (Lipinski definition) is 3. The standard InChI is InChI=1S/C11H15BrFNO3S/c1-2-8(5-6-15)14-18(16,17)9-3-4-11(13)10(12)7-9/h3-4,7-8,14-15H,2,5-6H2,1H3. The van der Waals surface area contributed by atoms with Gasteiger partial charge in [0.2, 0.25) is 10.0 Å². The Labute approximate surface area is 114 Å². The molecule has 18 heavy (non-hydrogen) atoms. The van der Waals surface area contributed by atoms with E-state index in [0.717, 1.165) is 6.07 Å². The van der Waals surface area contributed by atoms with E-state index in [1.54, 1.807) is 0 Å². The molecule has 0 aliphatic carbocycles. The Hall–Kier alpha value is -0.500. The fraction of sp³-hybridized carbons (Fsp3) is 0.455. The van der Waals surface area contributed by atoms with Gasteiger partial charge >= 0.3 is 0 Å². The SMILES string of the molecule is CCC(CCO)NS(=O)(=O)c1ccc(F)c(Br)c1. The van der Waals surface area contributed by atoms with Crippen LogP contribution in [0.25, 0.3) is 0 Å². The first-order valence-electron chi connectivity index (χ1n) is 5.49. The number of aliphatic hydroxyl groups excluding tert-OH is 1. The van der Waals surface area contributed by atoms with Crippen LogP contribution >= 0.6 is 15.9 Å². The van der Waals surface area contributed by atoms with E-state index >= 15 is 0 Å². The van der Waals surface area contributed by atoms with Crippen molar-refractivity contribution in [3.63, 3.8) is 0 Å². The molecule has 0 bridgehead atoms. The normalized spacial score (nSPS) is 13.6. The zero-order chi connectivity index (χ0) is 13.8. The highest BCUT2D eigenvalue weighted by Crippen LogP contribution is 2.20. The summed E-state index contributed by atoms with van der Waals surface area (Å²) in [5.41, 5.74) is 0. The minimum absolute atomic E-state index is 0.00725. The van der Waals surface area contributed by atoms with Crippen molar-refractivity contribution < 1.29 is 17.9 Å². The maximum absolute atomic E-state index is 13.0. The Balaban J connectivity index is 2.95. The molecule has 0 aliphatic heterocycles. The molecule has 2 N–H and O–H groups in total. The maximum Gasteiger partial charge on any atom is 0.240 e. The molecule has 1 unspecified atom stereocenters. The largest absolute Gasteiger partial charge is 0.396 e. The lowest BCUT2D eigenvalue weighted by Gasteiger charge is -2.16. The summed E-state index contributed by atoms with van der Waals surface area (Å²) in [7, 11) is -3.69. The third kappa shape index (κ3) is 4.01. The molecule has 102 valence electrons. The summed E-state index contributed by atoms with van der Waals surface area (Å²) in [6.45, 7) is 1.73. The summed E-state index contributed by atoms with van der Waals surface area (Å²) in [6.07, 6.45) is 0.917. The molecule has 0 aromatic heterocycles. The third-order valence-corrected chi connectivity index (χ3v) is 4.62. The van der Waals surface area contributed by atoms with Gasteiger partial charge in [-0.05, 0) is 47.0 Å². The molecule has 1 rings (SSSR count). The zero-order valence-corrected chi connectivity index (χ0v) is 12.3. The Bertz CT molecular complexity index is 507. The van der Waals surface area contributed by atoms with Gasteiger partial charge < -0.3 is 5.11 Å². The molecule has 0 spiro atoms. The molecule has 4 nitrogen and oxygen atoms in total. The lowest BCUT2D eigenvalue weighted by Crippen LogP contribution is -2.35. The predicted octanol–water partition coefficient (Wildman–Crippen LogP) is 2.03. The Morgan fingerprint density at radius 3 is 2.67 bits per heavy atom. The fourth-order valence-corrected chi connectivity index (χ4v) is 3.34. The van der Waals surface area contributed by atoms with Crippen molar-refractivity contribution in [2.45, 2.75) is 30.7 Å². The van der Waals surface area contributed by atoms with Gasteiger partial charge in [-0.15, -0.1) is 0 Å². The van der Waals surface area contributed by atoms with E-state index < -0.39 is 15.8 Å². The molecule has 0 heterocycles. The molecule has 7 heteroatoms. The molecular weight excluding hydrogens is 325 g/mol. The highest BCUT2D eigenvalue weighted by molar-refractivity contribution is 9.10. The molecule has 0 saturated carbocycles. The van der Waals surface area contributed by atoms with Gasteiger partial charge in [-0.25, -0.2) is 17.5 Å². The molecular formula is C11H15BrFNO3S. The topological polar surface area (TPSA) is 66.4 Å². The van der Waals surface area contributed by atoms with Crippen molar-refractivity contribution in [2.24, 2.45) is 0 Å². The van der Waals surface area contributed by atoms with Crippen LogP contribution in [0.3, 0.4) is 0 Å². The van der Waals surface area contributed by atoms with Crippen LogP contribution in [-0.2, 0) is 10.0 Å². The Kier molecular flexibility index (Phi) is 5.71. The summed E-state index contributed by atoms with van der Waals surface area (Å²) in [4.78, 5) is -0.00725. The molecule has 1 aromatic carbocycles. The third-order valence-electron chi connectivity index (χ3n) is 2.49. The van der Waals surface area contributed by atoms with Crippen LogP contribution in [0.1, 0.15) is 19.8 Å². The summed E-state index contributed by atoms with van der Waals surface area (Å²) in [5.74, 6) is -0.517. The molecule has 0 amide bonds. The minimum atomic E-state index is -3.69. The molecule has 0 aliphatic rings. The monoisotopic (exact) mass is 339 g/mol. The van der Waals surface area contributed by atoms with Gasteiger partial charge in [0.1, 0.15) is 5.82 Å². The number of sulfonamides is 1. The van der Waals surface area contributed by atoms with Crippen molar-refractivity contribution in [2.75, 3.05) is 6.61 Å². The van der Waals surface area contributed by atoms with Crippen LogP contribution in [0, 0.1) is 5.82 Å². The fourth-order valence-electron chi connectivity index (χ4n) is 1.43. The van der Waals surface area contributed by atoms with Gasteiger partial charge in [0.15, 0.2) is 0 Å². The lowest BCUT2D eigenvalue weighted by molar-refractivity contribution is 0.270. The van der Waals surface area contributed by atoms with Crippen molar-refractivity contribution >= 4 is 26.0 Å². The maximum atomic E-state index is 13.0. The average molecular weight is 340 g/mol. The van der Waals surface area contributed by atoms with Gasteiger partial charge in [0.25, 0.3) is 0 Å². The van der Waals surface area contributed by atoms with Crippen LogP contribution in [0.15, 0.2) is 27.6 Å². The highest BCUT2D eigenvalue weighted by atomic mass is 79.9. The predicted molar refractivity (Wildman–Crippen MR) is 70.2 cm³/mol. The van der Waals surface area contributed by atoms with E-state index in [9.17, 15) is 12.8 Å². The van der Waals surface area contributed by atoms with Gasteiger partial charge in [-0.1, -0.05) is 6.92 Å². The quantitative estimate of drug-likeness (QED) is 0.833. The summed E-state index contributed by atoms with van der Waals surface area (Å²) >= 11 is 2.95. The van der Waals surface area contributed by atoms with Crippen molar-refractivity contribution in [3.05, 3.63) is 28.5 Å². The second-order valence-electron chi connectivity index (χ2n) is 3.81. The van der Waals surface area contributed by atoms with E-state index in [2.05, 4.69) is 20.7 Å². The minimum Gasteiger partial charge on any atom is -0.396 e. The Morgan fingerprint density at radius 1 is 1.50 bits per heavy atom. The number of hydrogen-bond donors (Lipinski definition) is 2. The average Bonchev–Trinajstić information content (AvgIpc) is 2.31. The van der Waals surface area contributed by atoms with Gasteiger partial charge in [-0.3, -0.25) is 0 Å². The van der Waals surface area contributed by atoms with Gasteiger partial charge in [0.05, 0.1) is 9.37 Å². The lowest BCUT2D eigenvalue weighted by atomic mass is 10.2. The van der Waals surface area contributed by atoms with Crippen LogP contribution < -0.4 is 4.72 Å². The summed E-state index contributed by atoms with van der Waals surface area (Å²) in [6, 6.07) is 3.17. The van der Waals surface area contributed by atoms with Crippen LogP contribution in [0.2, 0.25) is 0 Å². The summed E-state index contributed by atoms with van der Waals surface area (Å²) < 4.78 is 39.6. The summed E-state index contributed by atoms with van der Waals surface area (Å²) in [5, 5.41) is 8.82. The van der Waals surface area contributed by atoms with E-state index in [1.807, 2.05) is 6.92 Å². The second-order valence-corrected chi connectivity index (χ2v) is 6.38. The number of halogens is 2. The molecule has 0 radical (unpaired) electrons. The smallest absolute Gasteiger partial charge is 0.240 e. The number of nitrogens with one attached hydrogen (secondary N) is 1. The van der Waals surface area contributed by atoms with Gasteiger partial charge in [0, 0.05) is 12.6 Å². The van der Waals surface area contributed by atoms with E-state index in [4.69, 9.17) is 5.11 Å². The molecule has 0 fully saturated rings. The van der Waals surface area contributed by atoms with Crippen molar-refractivity contribution in [1.82, 2.24) is 4.72 Å². The van der Waals surface area contributed by atoms with E-state index in [1.165, 1.54) is 12.1 Å². The Morgan fingerprint density at radius 2 is 2.17 bits per heavy atom. The molecule has 1 atom stereocenters. The molecule has 1 aromatic rings. The van der Waals surface area contributed by atoms with E-state index in [0.29, 0.717) is 12.8 Å². The van der Waals surface area contributed by atoms with Crippen LogP contribution in [0.4, 0.5) is 4.39 Å². The number of rotatable bonds is 6. The first-order chi connectivity index (χ1) is 8.40. The van der Waals surface area contributed by atoms with Gasteiger partial charge in [-0.2, -0.15) is 0 Å². The van der Waals surface area contributed by atoms with Crippen molar-refractivity contribution in [1.29, 1.82) is 0 Å². The zero-order valence-electron chi connectivity index (χ0n) is 9.86. The van der Waals surface area contributed by atoms with E-state index in [-0.39, 0.29) is 22.0 Å². The number of aliphatic hydroxyl groups is 1. The first kappa shape index (κ1) is 15.6. The second kappa shape index (κ2) is 6.60.